The van der Waals surface area contributed by atoms with Crippen molar-refractivity contribution in [1.82, 2.24) is 9.78 Å². The van der Waals surface area contributed by atoms with E-state index < -0.39 is 5.82 Å². The molecule has 1 aromatic heterocycles. The summed E-state index contributed by atoms with van der Waals surface area (Å²) < 4.78 is 20.8. The van der Waals surface area contributed by atoms with E-state index in [1.807, 2.05) is 20.2 Å². The van der Waals surface area contributed by atoms with Gasteiger partial charge in [-0.3, -0.25) is 4.68 Å². The molecule has 1 heterocycles. The van der Waals surface area contributed by atoms with Gasteiger partial charge in [-0.2, -0.15) is 5.10 Å². The molecule has 0 aliphatic carbocycles. The molecule has 5 heteroatoms. The molecule has 0 saturated heterocycles. The molecule has 2 N–H and O–H groups in total. The van der Waals surface area contributed by atoms with E-state index in [1.54, 1.807) is 23.0 Å². The summed E-state index contributed by atoms with van der Waals surface area (Å²) in [5.41, 5.74) is 7.33. The summed E-state index contributed by atoms with van der Waals surface area (Å²) in [5.74, 6) is -0.169. The van der Waals surface area contributed by atoms with Gasteiger partial charge >= 0.3 is 0 Å². The van der Waals surface area contributed by atoms with E-state index in [2.05, 4.69) is 5.10 Å². The Morgan fingerprint density at radius 1 is 1.50 bits per heavy atom. The normalized spacial score (nSPS) is 12.4. The largest absolute Gasteiger partial charge is 0.486 e. The standard InChI is InChI=1S/C13H16FN3O/c1-9(15)11-3-4-13(12(14)5-11)18-8-10-6-16-17(2)7-10/h3-7,9H,8,15H2,1-2H3/t9-/m0/s1. The van der Waals surface area contributed by atoms with Gasteiger partial charge < -0.3 is 10.5 Å². The fourth-order valence-corrected chi connectivity index (χ4v) is 1.62. The Bertz CT molecular complexity index is 537. The topological polar surface area (TPSA) is 53.1 Å². The van der Waals surface area contributed by atoms with Crippen molar-refractivity contribution in [3.63, 3.8) is 0 Å². The first kappa shape index (κ1) is 12.6. The summed E-state index contributed by atoms with van der Waals surface area (Å²) in [4.78, 5) is 0. The van der Waals surface area contributed by atoms with Crippen molar-refractivity contribution in [2.75, 3.05) is 0 Å². The zero-order valence-corrected chi connectivity index (χ0v) is 10.4. The van der Waals surface area contributed by atoms with Crippen LogP contribution in [0.1, 0.15) is 24.1 Å². The average molecular weight is 249 g/mol. The number of benzene rings is 1. The van der Waals surface area contributed by atoms with Gasteiger partial charge in [0.2, 0.25) is 0 Å². The van der Waals surface area contributed by atoms with Crippen LogP contribution < -0.4 is 10.5 Å². The third-order valence-electron chi connectivity index (χ3n) is 2.63. The highest BCUT2D eigenvalue weighted by molar-refractivity contribution is 5.30. The SMILES string of the molecule is C[C@H](N)c1ccc(OCc2cnn(C)c2)c(F)c1. The van der Waals surface area contributed by atoms with Crippen LogP contribution in [0.5, 0.6) is 5.75 Å². The van der Waals surface area contributed by atoms with Gasteiger partial charge in [0.15, 0.2) is 11.6 Å². The molecule has 0 unspecified atom stereocenters. The molecule has 0 aliphatic rings. The second-order valence-electron chi connectivity index (χ2n) is 4.29. The number of nitrogens with two attached hydrogens (primary N) is 1. The molecule has 96 valence electrons. The van der Waals surface area contributed by atoms with Crippen LogP contribution in [0.25, 0.3) is 0 Å². The second kappa shape index (κ2) is 5.18. The first-order valence-electron chi connectivity index (χ1n) is 5.71. The number of ether oxygens (including phenoxy) is 1. The van der Waals surface area contributed by atoms with Crippen molar-refractivity contribution in [3.05, 3.63) is 47.5 Å². The maximum Gasteiger partial charge on any atom is 0.165 e. The minimum atomic E-state index is -0.395. The van der Waals surface area contributed by atoms with Gasteiger partial charge in [0.05, 0.1) is 6.20 Å². The molecule has 0 aliphatic heterocycles. The molecule has 0 bridgehead atoms. The minimum absolute atomic E-state index is 0.188. The van der Waals surface area contributed by atoms with Gasteiger partial charge in [0, 0.05) is 24.8 Å². The van der Waals surface area contributed by atoms with E-state index >= 15 is 0 Å². The molecule has 1 atom stereocenters. The van der Waals surface area contributed by atoms with Crippen LogP contribution >= 0.6 is 0 Å². The van der Waals surface area contributed by atoms with Crippen molar-refractivity contribution < 1.29 is 9.13 Å². The fourth-order valence-electron chi connectivity index (χ4n) is 1.62. The lowest BCUT2D eigenvalue weighted by molar-refractivity contribution is 0.290. The Kier molecular flexibility index (Phi) is 3.62. The maximum absolute atomic E-state index is 13.7. The minimum Gasteiger partial charge on any atom is -0.486 e. The Labute approximate surface area is 105 Å². The van der Waals surface area contributed by atoms with Gasteiger partial charge in [0.1, 0.15) is 6.61 Å². The first-order chi connectivity index (χ1) is 8.56. The molecule has 4 nitrogen and oxygen atoms in total. The van der Waals surface area contributed by atoms with Crippen LogP contribution in [0, 0.1) is 5.82 Å². The van der Waals surface area contributed by atoms with Crippen LogP contribution in [-0.2, 0) is 13.7 Å². The van der Waals surface area contributed by atoms with Crippen LogP contribution in [0.2, 0.25) is 0 Å². The third kappa shape index (κ3) is 2.87. The predicted molar refractivity (Wildman–Crippen MR) is 66.5 cm³/mol. The van der Waals surface area contributed by atoms with Crippen LogP contribution in [0.3, 0.4) is 0 Å². The highest BCUT2D eigenvalue weighted by Gasteiger charge is 2.07. The van der Waals surface area contributed by atoms with Gasteiger partial charge in [-0.1, -0.05) is 6.07 Å². The highest BCUT2D eigenvalue weighted by atomic mass is 19.1. The second-order valence-corrected chi connectivity index (χ2v) is 4.29. The summed E-state index contributed by atoms with van der Waals surface area (Å²) in [7, 11) is 1.82. The summed E-state index contributed by atoms with van der Waals surface area (Å²) >= 11 is 0. The lowest BCUT2D eigenvalue weighted by atomic mass is 10.1. The van der Waals surface area contributed by atoms with E-state index in [9.17, 15) is 4.39 Å². The van der Waals surface area contributed by atoms with Gasteiger partial charge in [-0.05, 0) is 24.6 Å². The van der Waals surface area contributed by atoms with Crippen LogP contribution in [0.4, 0.5) is 4.39 Å². The maximum atomic E-state index is 13.7. The number of hydrogen-bond acceptors (Lipinski definition) is 3. The van der Waals surface area contributed by atoms with Crippen molar-refractivity contribution in [3.8, 4) is 5.75 Å². The van der Waals surface area contributed by atoms with E-state index in [0.29, 0.717) is 6.61 Å². The molecule has 2 rings (SSSR count). The van der Waals surface area contributed by atoms with E-state index in [-0.39, 0.29) is 11.8 Å². The van der Waals surface area contributed by atoms with Crippen LogP contribution in [0.15, 0.2) is 30.6 Å². The molecule has 0 fully saturated rings. The summed E-state index contributed by atoms with van der Waals surface area (Å²) in [6.45, 7) is 2.10. The van der Waals surface area contributed by atoms with Crippen molar-refractivity contribution in [1.29, 1.82) is 0 Å². The molecule has 0 radical (unpaired) electrons. The molecule has 0 saturated carbocycles. The summed E-state index contributed by atoms with van der Waals surface area (Å²) in [6.07, 6.45) is 3.52. The predicted octanol–water partition coefficient (Wildman–Crippen LogP) is 2.16. The molecule has 1 aromatic carbocycles. The smallest absolute Gasteiger partial charge is 0.165 e. The Balaban J connectivity index is 2.05. The van der Waals surface area contributed by atoms with E-state index in [0.717, 1.165) is 11.1 Å². The number of aromatic nitrogens is 2. The van der Waals surface area contributed by atoms with Crippen molar-refractivity contribution in [2.24, 2.45) is 12.8 Å². The van der Waals surface area contributed by atoms with Crippen molar-refractivity contribution >= 4 is 0 Å². The van der Waals surface area contributed by atoms with E-state index in [1.165, 1.54) is 6.07 Å². The van der Waals surface area contributed by atoms with Gasteiger partial charge in [0.25, 0.3) is 0 Å². The van der Waals surface area contributed by atoms with E-state index in [4.69, 9.17) is 10.5 Å². The number of nitrogens with zero attached hydrogens (tertiary/aromatic N) is 2. The number of hydrogen-bond donors (Lipinski definition) is 1. The zero-order valence-electron chi connectivity index (χ0n) is 10.4. The third-order valence-corrected chi connectivity index (χ3v) is 2.63. The summed E-state index contributed by atoms with van der Waals surface area (Å²) in [6, 6.07) is 4.59. The molecule has 18 heavy (non-hydrogen) atoms. The molecule has 2 aromatic rings. The number of aryl methyl sites for hydroxylation is 1. The van der Waals surface area contributed by atoms with Crippen molar-refractivity contribution in [2.45, 2.75) is 19.6 Å². The lowest BCUT2D eigenvalue weighted by Gasteiger charge is -2.09. The number of halogens is 1. The quantitative estimate of drug-likeness (QED) is 0.903. The monoisotopic (exact) mass is 249 g/mol. The highest BCUT2D eigenvalue weighted by Crippen LogP contribution is 2.21. The van der Waals surface area contributed by atoms with Crippen LogP contribution in [-0.4, -0.2) is 9.78 Å². The zero-order chi connectivity index (χ0) is 13.1. The molecular formula is C13H16FN3O. The van der Waals surface area contributed by atoms with Gasteiger partial charge in [-0.15, -0.1) is 0 Å². The molecule has 0 amide bonds. The Hall–Kier alpha value is -1.88. The lowest BCUT2D eigenvalue weighted by Crippen LogP contribution is -2.05. The Morgan fingerprint density at radius 2 is 2.28 bits per heavy atom. The van der Waals surface area contributed by atoms with Gasteiger partial charge in [-0.25, -0.2) is 4.39 Å². The summed E-state index contributed by atoms with van der Waals surface area (Å²) in [5, 5.41) is 4.02. The first-order valence-corrected chi connectivity index (χ1v) is 5.71. The fraction of sp³-hybridized carbons (Fsp3) is 0.308. The molecule has 0 spiro atoms. The number of rotatable bonds is 4. The molecular weight excluding hydrogens is 233 g/mol. The Morgan fingerprint density at radius 3 is 2.83 bits per heavy atom. The average Bonchev–Trinajstić information content (AvgIpc) is 2.73.